The van der Waals surface area contributed by atoms with Gasteiger partial charge in [-0.1, -0.05) is 164 Å². The van der Waals surface area contributed by atoms with Crippen LogP contribution in [0.2, 0.25) is 0 Å². The lowest BCUT2D eigenvalue weighted by Crippen LogP contribution is -2.14. The summed E-state index contributed by atoms with van der Waals surface area (Å²) >= 11 is 0. The Morgan fingerprint density at radius 2 is 0.719 bits per heavy atom. The van der Waals surface area contributed by atoms with Gasteiger partial charge in [-0.3, -0.25) is 0 Å². The van der Waals surface area contributed by atoms with E-state index in [0.29, 0.717) is 0 Å². The number of para-hydroxylation sites is 7. The molecule has 0 aliphatic carbocycles. The molecule has 0 aliphatic rings. The molecule has 0 fully saturated rings. The third-order valence-corrected chi connectivity index (χ3v) is 12.4. The maximum Gasteiger partial charge on any atom is 0.0782 e. The van der Waals surface area contributed by atoms with Gasteiger partial charge < -0.3 is 18.9 Å². The number of aromatic nitrogens is 2. The largest absolute Gasteiger partial charge is 0.310 e. The highest BCUT2D eigenvalue weighted by atomic mass is 15.2. The highest BCUT2D eigenvalue weighted by molar-refractivity contribution is 6.19. The third kappa shape index (κ3) is 6.23. The minimum atomic E-state index is 1.04. The molecule has 0 amide bonds. The SMILES string of the molecule is c1ccc(-c2ccc(-n3c4ccccc4c4c(N(c5ccccc5)c5ccccc5)cc(N(c5ccccc5)c5cccc6c7ccccc7n(-c7ccccc7)c56)cc43)cc2)cc1. The van der Waals surface area contributed by atoms with Gasteiger partial charge in [0.15, 0.2) is 0 Å². The summed E-state index contributed by atoms with van der Waals surface area (Å²) in [5, 5.41) is 4.76. The van der Waals surface area contributed by atoms with E-state index in [2.05, 4.69) is 274 Å². The summed E-state index contributed by atoms with van der Waals surface area (Å²) in [6.45, 7) is 0. The van der Waals surface area contributed by atoms with Crippen LogP contribution in [0.25, 0.3) is 66.1 Å². The molecule has 0 saturated carbocycles. The van der Waals surface area contributed by atoms with E-state index in [0.717, 1.165) is 62.0 Å². The fraction of sp³-hybridized carbons (Fsp3) is 0. The number of hydrogen-bond donors (Lipinski definition) is 0. The van der Waals surface area contributed by atoms with Gasteiger partial charge in [0.05, 0.1) is 39.1 Å². The average molecular weight is 819 g/mol. The van der Waals surface area contributed by atoms with Crippen LogP contribution in [0.15, 0.2) is 255 Å². The zero-order chi connectivity index (χ0) is 42.4. The van der Waals surface area contributed by atoms with Gasteiger partial charge in [-0.15, -0.1) is 0 Å². The monoisotopic (exact) mass is 818 g/mol. The van der Waals surface area contributed by atoms with Crippen LogP contribution in [0, 0.1) is 0 Å². The quantitative estimate of drug-likeness (QED) is 0.144. The Labute approximate surface area is 372 Å². The second-order valence-electron chi connectivity index (χ2n) is 16.2. The molecule has 0 saturated heterocycles. The number of benzene rings is 10. The fourth-order valence-corrected chi connectivity index (χ4v) is 9.69. The van der Waals surface area contributed by atoms with Gasteiger partial charge in [0.2, 0.25) is 0 Å². The van der Waals surface area contributed by atoms with Gasteiger partial charge in [-0.2, -0.15) is 0 Å². The van der Waals surface area contributed by atoms with Gasteiger partial charge in [-0.25, -0.2) is 0 Å². The van der Waals surface area contributed by atoms with Crippen molar-refractivity contribution in [3.63, 3.8) is 0 Å². The molecule has 64 heavy (non-hydrogen) atoms. The van der Waals surface area contributed by atoms with Gasteiger partial charge in [0.1, 0.15) is 0 Å². The van der Waals surface area contributed by atoms with Crippen LogP contribution >= 0.6 is 0 Å². The van der Waals surface area contributed by atoms with Crippen molar-refractivity contribution in [2.24, 2.45) is 0 Å². The molecule has 0 bridgehead atoms. The molecule has 12 rings (SSSR count). The number of anilines is 6. The maximum absolute atomic E-state index is 2.46. The molecule has 4 nitrogen and oxygen atoms in total. The molecular weight excluding hydrogens is 777 g/mol. The van der Waals surface area contributed by atoms with Crippen LogP contribution in [0.4, 0.5) is 34.1 Å². The van der Waals surface area contributed by atoms with Crippen LogP contribution in [-0.2, 0) is 0 Å². The van der Waals surface area contributed by atoms with Crippen molar-refractivity contribution >= 4 is 77.7 Å². The van der Waals surface area contributed by atoms with Crippen molar-refractivity contribution < 1.29 is 0 Å². The van der Waals surface area contributed by atoms with Gasteiger partial charge in [-0.05, 0) is 102 Å². The number of fused-ring (bicyclic) bond motifs is 6. The summed E-state index contributed by atoms with van der Waals surface area (Å²) in [6, 6.07) is 91.9. The van der Waals surface area contributed by atoms with Crippen molar-refractivity contribution in [3.8, 4) is 22.5 Å². The summed E-state index contributed by atoms with van der Waals surface area (Å²) < 4.78 is 4.88. The topological polar surface area (TPSA) is 16.3 Å². The Morgan fingerprint density at radius 1 is 0.266 bits per heavy atom. The molecule has 10 aromatic carbocycles. The Hall–Kier alpha value is -8.60. The summed E-state index contributed by atoms with van der Waals surface area (Å²) in [7, 11) is 0. The first kappa shape index (κ1) is 37.2. The Kier molecular flexibility index (Phi) is 9.12. The molecule has 4 heteroatoms. The van der Waals surface area contributed by atoms with Crippen molar-refractivity contribution in [2.75, 3.05) is 9.80 Å². The Bertz CT molecular complexity index is 3540. The van der Waals surface area contributed by atoms with Crippen LogP contribution in [0.5, 0.6) is 0 Å². The summed E-state index contributed by atoms with van der Waals surface area (Å²) in [6.07, 6.45) is 0. The van der Waals surface area contributed by atoms with E-state index < -0.39 is 0 Å². The summed E-state index contributed by atoms with van der Waals surface area (Å²) in [5.74, 6) is 0. The third-order valence-electron chi connectivity index (χ3n) is 12.4. The molecule has 0 unspecified atom stereocenters. The molecule has 0 aliphatic heterocycles. The van der Waals surface area contributed by atoms with Crippen LogP contribution < -0.4 is 9.80 Å². The molecule has 0 radical (unpaired) electrons. The predicted molar refractivity (Wildman–Crippen MR) is 270 cm³/mol. The van der Waals surface area contributed by atoms with Crippen molar-refractivity contribution in [1.82, 2.24) is 9.13 Å². The second-order valence-corrected chi connectivity index (χ2v) is 16.2. The minimum Gasteiger partial charge on any atom is -0.310 e. The maximum atomic E-state index is 2.46. The van der Waals surface area contributed by atoms with E-state index >= 15 is 0 Å². The summed E-state index contributed by atoms with van der Waals surface area (Å²) in [4.78, 5) is 4.88. The lowest BCUT2D eigenvalue weighted by atomic mass is 10.0. The van der Waals surface area contributed by atoms with E-state index in [1.807, 2.05) is 0 Å². The molecule has 0 N–H and O–H groups in total. The molecular formula is C60H42N4. The van der Waals surface area contributed by atoms with Gasteiger partial charge >= 0.3 is 0 Å². The normalized spacial score (nSPS) is 11.4. The number of rotatable bonds is 9. The number of nitrogens with zero attached hydrogens (tertiary/aromatic N) is 4. The van der Waals surface area contributed by atoms with E-state index in [9.17, 15) is 0 Å². The second kappa shape index (κ2) is 15.7. The Morgan fingerprint density at radius 3 is 1.33 bits per heavy atom. The van der Waals surface area contributed by atoms with E-state index in [1.54, 1.807) is 0 Å². The van der Waals surface area contributed by atoms with Crippen LogP contribution in [0.3, 0.4) is 0 Å². The lowest BCUT2D eigenvalue weighted by Gasteiger charge is -2.31. The highest BCUT2D eigenvalue weighted by Crippen LogP contribution is 2.50. The minimum absolute atomic E-state index is 1.04. The van der Waals surface area contributed by atoms with Crippen molar-refractivity contribution in [1.29, 1.82) is 0 Å². The first-order valence-corrected chi connectivity index (χ1v) is 21.9. The molecule has 2 aromatic heterocycles. The average Bonchev–Trinajstić information content (AvgIpc) is 3.89. The Balaban J connectivity index is 1.21. The molecule has 0 spiro atoms. The van der Waals surface area contributed by atoms with Crippen molar-refractivity contribution in [3.05, 3.63) is 255 Å². The molecule has 0 atom stereocenters. The fourth-order valence-electron chi connectivity index (χ4n) is 9.69. The van der Waals surface area contributed by atoms with E-state index in [4.69, 9.17) is 0 Å². The molecule has 302 valence electrons. The first-order chi connectivity index (χ1) is 31.8. The van der Waals surface area contributed by atoms with Crippen LogP contribution in [0.1, 0.15) is 0 Å². The standard InChI is InChI=1S/C60H42N4/c1-6-21-43(22-7-1)44-37-39-49(40-38-44)63-55-35-19-17-32-53(55)59-57(61(45-23-8-2-9-24-45)46-25-10-3-11-26-46)41-50(42-58(59)63)62(47-27-12-4-13-28-47)56-36-20-33-52-51-31-16-18-34-54(51)64(60(52)56)48-29-14-5-15-30-48/h1-42H. The van der Waals surface area contributed by atoms with E-state index in [1.165, 1.54) is 38.2 Å². The van der Waals surface area contributed by atoms with E-state index in [-0.39, 0.29) is 0 Å². The van der Waals surface area contributed by atoms with Gasteiger partial charge in [0, 0.05) is 50.0 Å². The van der Waals surface area contributed by atoms with Crippen LogP contribution in [-0.4, -0.2) is 9.13 Å². The first-order valence-electron chi connectivity index (χ1n) is 21.9. The van der Waals surface area contributed by atoms with Gasteiger partial charge in [0.25, 0.3) is 0 Å². The molecule has 2 heterocycles. The lowest BCUT2D eigenvalue weighted by molar-refractivity contribution is 1.16. The predicted octanol–water partition coefficient (Wildman–Crippen LogP) is 16.5. The molecule has 12 aromatic rings. The highest BCUT2D eigenvalue weighted by Gasteiger charge is 2.27. The summed E-state index contributed by atoms with van der Waals surface area (Å²) in [5.41, 5.74) is 15.6. The zero-order valence-electron chi connectivity index (χ0n) is 35.0. The van der Waals surface area contributed by atoms with Crippen molar-refractivity contribution in [2.45, 2.75) is 0 Å². The zero-order valence-corrected chi connectivity index (χ0v) is 35.0. The smallest absolute Gasteiger partial charge is 0.0782 e. The number of hydrogen-bond acceptors (Lipinski definition) is 2.